The summed E-state index contributed by atoms with van der Waals surface area (Å²) in [5.74, 6) is 3.02. The number of hydrogen-bond acceptors (Lipinski definition) is 3. The van der Waals surface area contributed by atoms with Crippen molar-refractivity contribution >= 4 is 17.4 Å². The number of rotatable bonds is 6. The minimum Gasteiger partial charge on any atom is -0.457 e. The van der Waals surface area contributed by atoms with E-state index in [1.165, 1.54) is 0 Å². The van der Waals surface area contributed by atoms with Crippen LogP contribution in [0.5, 0.6) is 23.0 Å². The molecular formula is C27H24N2O3. The van der Waals surface area contributed by atoms with E-state index in [2.05, 4.69) is 10.6 Å². The lowest BCUT2D eigenvalue weighted by Crippen LogP contribution is -2.19. The summed E-state index contributed by atoms with van der Waals surface area (Å²) in [7, 11) is 0. The van der Waals surface area contributed by atoms with Gasteiger partial charge in [0.2, 0.25) is 0 Å². The lowest BCUT2D eigenvalue weighted by Gasteiger charge is -2.13. The van der Waals surface area contributed by atoms with E-state index in [4.69, 9.17) is 9.47 Å². The van der Waals surface area contributed by atoms with Crippen LogP contribution in [-0.2, 0) is 0 Å². The number of aryl methyl sites for hydroxylation is 2. The highest BCUT2D eigenvalue weighted by Crippen LogP contribution is 2.29. The fourth-order valence-electron chi connectivity index (χ4n) is 3.21. The summed E-state index contributed by atoms with van der Waals surface area (Å²) in [5.41, 5.74) is 3.21. The molecule has 0 radical (unpaired) electrons. The lowest BCUT2D eigenvalue weighted by atomic mass is 10.2. The van der Waals surface area contributed by atoms with Gasteiger partial charge in [0, 0.05) is 11.4 Å². The first-order chi connectivity index (χ1) is 15.6. The molecule has 0 atom stereocenters. The first-order valence-electron chi connectivity index (χ1n) is 10.3. The topological polar surface area (TPSA) is 59.6 Å². The van der Waals surface area contributed by atoms with Gasteiger partial charge in [-0.3, -0.25) is 0 Å². The summed E-state index contributed by atoms with van der Waals surface area (Å²) in [4.78, 5) is 12.5. The second-order valence-corrected chi connectivity index (χ2v) is 7.37. The van der Waals surface area contributed by atoms with Crippen molar-refractivity contribution in [2.45, 2.75) is 13.8 Å². The van der Waals surface area contributed by atoms with Crippen molar-refractivity contribution in [3.8, 4) is 23.0 Å². The average molecular weight is 425 g/mol. The molecular weight excluding hydrogens is 400 g/mol. The average Bonchev–Trinajstić information content (AvgIpc) is 2.79. The van der Waals surface area contributed by atoms with Crippen molar-refractivity contribution < 1.29 is 14.3 Å². The Hall–Kier alpha value is -4.25. The molecule has 0 aromatic heterocycles. The number of amides is 2. The zero-order chi connectivity index (χ0) is 22.3. The molecule has 0 bridgehead atoms. The van der Waals surface area contributed by atoms with Crippen LogP contribution in [0.2, 0.25) is 0 Å². The first-order valence-corrected chi connectivity index (χ1v) is 10.3. The molecule has 5 nitrogen and oxygen atoms in total. The van der Waals surface area contributed by atoms with Gasteiger partial charge in [0.1, 0.15) is 23.0 Å². The molecule has 160 valence electrons. The molecule has 0 spiro atoms. The molecule has 0 fully saturated rings. The molecule has 0 aliphatic heterocycles. The zero-order valence-electron chi connectivity index (χ0n) is 18.0. The number of benzene rings is 4. The fourth-order valence-corrected chi connectivity index (χ4v) is 3.21. The monoisotopic (exact) mass is 424 g/mol. The van der Waals surface area contributed by atoms with Gasteiger partial charge in [0.15, 0.2) is 0 Å². The highest BCUT2D eigenvalue weighted by Gasteiger charge is 2.08. The SMILES string of the molecule is Cc1cc(NC(=O)Nc2ccc(Oc3ccccc3)c(C)c2)ccc1Oc1ccccc1. The molecule has 4 aromatic carbocycles. The highest BCUT2D eigenvalue weighted by atomic mass is 16.5. The van der Waals surface area contributed by atoms with Gasteiger partial charge in [0.05, 0.1) is 0 Å². The van der Waals surface area contributed by atoms with E-state index in [-0.39, 0.29) is 6.03 Å². The molecule has 5 heteroatoms. The molecule has 0 unspecified atom stereocenters. The van der Waals surface area contributed by atoms with Gasteiger partial charge in [-0.25, -0.2) is 4.79 Å². The molecule has 4 rings (SSSR count). The van der Waals surface area contributed by atoms with E-state index in [9.17, 15) is 4.79 Å². The maximum atomic E-state index is 12.5. The fraction of sp³-hybridized carbons (Fsp3) is 0.0741. The maximum absolute atomic E-state index is 12.5. The third-order valence-electron chi connectivity index (χ3n) is 4.81. The van der Waals surface area contributed by atoms with E-state index in [0.717, 1.165) is 34.1 Å². The molecule has 0 saturated carbocycles. The van der Waals surface area contributed by atoms with Gasteiger partial charge in [-0.2, -0.15) is 0 Å². The zero-order valence-corrected chi connectivity index (χ0v) is 18.0. The highest BCUT2D eigenvalue weighted by molar-refractivity contribution is 6.00. The van der Waals surface area contributed by atoms with Gasteiger partial charge in [-0.15, -0.1) is 0 Å². The molecule has 2 N–H and O–H groups in total. The van der Waals surface area contributed by atoms with E-state index < -0.39 is 0 Å². The van der Waals surface area contributed by atoms with Crippen molar-refractivity contribution in [2.75, 3.05) is 10.6 Å². The predicted molar refractivity (Wildman–Crippen MR) is 128 cm³/mol. The largest absolute Gasteiger partial charge is 0.457 e. The van der Waals surface area contributed by atoms with Crippen molar-refractivity contribution in [2.24, 2.45) is 0 Å². The smallest absolute Gasteiger partial charge is 0.323 e. The molecule has 4 aromatic rings. The summed E-state index contributed by atoms with van der Waals surface area (Å²) >= 11 is 0. The molecule has 32 heavy (non-hydrogen) atoms. The standard InChI is InChI=1S/C27H24N2O3/c1-19-17-21(13-15-25(19)31-23-9-5-3-6-10-23)28-27(30)29-22-14-16-26(20(2)18-22)32-24-11-7-4-8-12-24/h3-18H,1-2H3,(H2,28,29,30). The molecule has 2 amide bonds. The van der Waals surface area contributed by atoms with E-state index in [1.54, 1.807) is 0 Å². The number of para-hydroxylation sites is 2. The summed E-state index contributed by atoms with van der Waals surface area (Å²) < 4.78 is 11.8. The Bertz CT molecular complexity index is 1110. The van der Waals surface area contributed by atoms with Crippen LogP contribution in [0.4, 0.5) is 16.2 Å². The van der Waals surface area contributed by atoms with Crippen LogP contribution in [0, 0.1) is 13.8 Å². The summed E-state index contributed by atoms with van der Waals surface area (Å²) in [5, 5.41) is 5.72. The Morgan fingerprint density at radius 3 is 1.38 bits per heavy atom. The molecule has 0 aliphatic carbocycles. The molecule has 0 aliphatic rings. The Morgan fingerprint density at radius 1 is 0.594 bits per heavy atom. The van der Waals surface area contributed by atoms with Crippen molar-refractivity contribution in [3.05, 3.63) is 108 Å². The first kappa shape index (κ1) is 21.0. The Kier molecular flexibility index (Phi) is 6.37. The van der Waals surface area contributed by atoms with Gasteiger partial charge < -0.3 is 20.1 Å². The van der Waals surface area contributed by atoms with Crippen molar-refractivity contribution in [1.29, 1.82) is 0 Å². The normalized spacial score (nSPS) is 10.3. The minimum absolute atomic E-state index is 0.322. The van der Waals surface area contributed by atoms with E-state index in [0.29, 0.717) is 11.4 Å². The van der Waals surface area contributed by atoms with E-state index >= 15 is 0 Å². The Balaban J connectivity index is 1.37. The van der Waals surface area contributed by atoms with Crippen LogP contribution < -0.4 is 20.1 Å². The molecule has 0 saturated heterocycles. The number of urea groups is 1. The number of carbonyl (C=O) groups excluding carboxylic acids is 1. The van der Waals surface area contributed by atoms with Crippen LogP contribution in [0.3, 0.4) is 0 Å². The van der Waals surface area contributed by atoms with Gasteiger partial charge >= 0.3 is 6.03 Å². The number of hydrogen-bond donors (Lipinski definition) is 2. The van der Waals surface area contributed by atoms with Crippen LogP contribution in [0.15, 0.2) is 97.1 Å². The number of carbonyl (C=O) groups is 1. The third kappa shape index (κ3) is 5.46. The van der Waals surface area contributed by atoms with Crippen molar-refractivity contribution in [1.82, 2.24) is 0 Å². The predicted octanol–water partition coefficient (Wildman–Crippen LogP) is 7.53. The molecule has 0 heterocycles. The second kappa shape index (κ2) is 9.71. The minimum atomic E-state index is -0.322. The van der Waals surface area contributed by atoms with Crippen LogP contribution in [0.1, 0.15) is 11.1 Å². The number of ether oxygens (including phenoxy) is 2. The quantitative estimate of drug-likeness (QED) is 0.336. The second-order valence-electron chi connectivity index (χ2n) is 7.37. The summed E-state index contributed by atoms with van der Waals surface area (Å²) in [6, 6.07) is 29.9. The van der Waals surface area contributed by atoms with Crippen molar-refractivity contribution in [3.63, 3.8) is 0 Å². The Labute approximate surface area is 187 Å². The van der Waals surface area contributed by atoms with Gasteiger partial charge in [-0.05, 0) is 85.6 Å². The summed E-state index contributed by atoms with van der Waals surface area (Å²) in [6.07, 6.45) is 0. The number of anilines is 2. The summed E-state index contributed by atoms with van der Waals surface area (Å²) in [6.45, 7) is 3.88. The maximum Gasteiger partial charge on any atom is 0.323 e. The Morgan fingerprint density at radius 2 is 1.00 bits per heavy atom. The number of nitrogens with one attached hydrogen (secondary N) is 2. The third-order valence-corrected chi connectivity index (χ3v) is 4.81. The van der Waals surface area contributed by atoms with E-state index in [1.807, 2.05) is 111 Å². The van der Waals surface area contributed by atoms with Crippen LogP contribution in [-0.4, -0.2) is 6.03 Å². The van der Waals surface area contributed by atoms with Gasteiger partial charge in [0.25, 0.3) is 0 Å². The lowest BCUT2D eigenvalue weighted by molar-refractivity contribution is 0.262. The van der Waals surface area contributed by atoms with Gasteiger partial charge in [-0.1, -0.05) is 36.4 Å². The van der Waals surface area contributed by atoms with Crippen LogP contribution >= 0.6 is 0 Å². The van der Waals surface area contributed by atoms with Crippen LogP contribution in [0.25, 0.3) is 0 Å².